The zero-order chi connectivity index (χ0) is 20.4. The summed E-state index contributed by atoms with van der Waals surface area (Å²) in [6.45, 7) is 2.75. The fraction of sp³-hybridized carbons (Fsp3) is 0.300. The molecular formula is C20H23N3O5. The van der Waals surface area contributed by atoms with Gasteiger partial charge in [-0.05, 0) is 36.2 Å². The van der Waals surface area contributed by atoms with Gasteiger partial charge in [0.05, 0.1) is 24.9 Å². The Kier molecular flexibility index (Phi) is 7.95. The van der Waals surface area contributed by atoms with Crippen LogP contribution in [0.15, 0.2) is 47.6 Å². The van der Waals surface area contributed by atoms with Crippen LogP contribution < -0.4 is 14.9 Å². The standard InChI is InChI=1S/C20H23N3O5/c1-3-4-5-11-28-18-10-9-15(12-19(18)27-2)14-21-22-20(24)16-7-6-8-17(13-16)23(25)26/h6-10,12-14H,3-5,11H2,1-2H3,(H,22,24)/b21-14+. The summed E-state index contributed by atoms with van der Waals surface area (Å²) < 4.78 is 11.1. The van der Waals surface area contributed by atoms with Gasteiger partial charge in [-0.2, -0.15) is 5.10 Å². The molecule has 0 fully saturated rings. The first kappa shape index (κ1) is 20.9. The van der Waals surface area contributed by atoms with Crippen molar-refractivity contribution in [2.24, 2.45) is 5.10 Å². The number of rotatable bonds is 10. The van der Waals surface area contributed by atoms with E-state index in [0.717, 1.165) is 19.3 Å². The van der Waals surface area contributed by atoms with Crippen molar-refractivity contribution in [3.8, 4) is 11.5 Å². The molecule has 8 heteroatoms. The summed E-state index contributed by atoms with van der Waals surface area (Å²) in [5, 5.41) is 14.7. The number of carbonyl (C=O) groups excluding carboxylic acids is 1. The number of benzene rings is 2. The highest BCUT2D eigenvalue weighted by Crippen LogP contribution is 2.27. The van der Waals surface area contributed by atoms with Gasteiger partial charge in [-0.25, -0.2) is 5.43 Å². The molecule has 148 valence electrons. The van der Waals surface area contributed by atoms with E-state index in [2.05, 4.69) is 17.5 Å². The highest BCUT2D eigenvalue weighted by molar-refractivity contribution is 5.95. The number of nitro groups is 1. The summed E-state index contributed by atoms with van der Waals surface area (Å²) in [5.74, 6) is 0.685. The van der Waals surface area contributed by atoms with Crippen LogP contribution in [0.4, 0.5) is 5.69 Å². The third kappa shape index (κ3) is 6.08. The summed E-state index contributed by atoms with van der Waals surface area (Å²) in [7, 11) is 1.55. The van der Waals surface area contributed by atoms with Gasteiger partial charge in [-0.15, -0.1) is 0 Å². The van der Waals surface area contributed by atoms with Gasteiger partial charge in [0, 0.05) is 17.7 Å². The van der Waals surface area contributed by atoms with Crippen LogP contribution in [-0.4, -0.2) is 30.8 Å². The van der Waals surface area contributed by atoms with E-state index in [-0.39, 0.29) is 11.3 Å². The molecule has 0 radical (unpaired) electrons. The Hall–Kier alpha value is -3.42. The van der Waals surface area contributed by atoms with E-state index in [1.54, 1.807) is 25.3 Å². The summed E-state index contributed by atoms with van der Waals surface area (Å²) in [6, 6.07) is 10.8. The SMILES string of the molecule is CCCCCOc1ccc(/C=N/NC(=O)c2cccc([N+](=O)[O-])c2)cc1OC. The molecule has 0 unspecified atom stereocenters. The number of amides is 1. The second-order valence-electron chi connectivity index (χ2n) is 5.97. The first-order valence-electron chi connectivity index (χ1n) is 8.94. The largest absolute Gasteiger partial charge is 0.493 e. The predicted molar refractivity (Wildman–Crippen MR) is 106 cm³/mol. The number of hydrogen-bond donors (Lipinski definition) is 1. The summed E-state index contributed by atoms with van der Waals surface area (Å²) in [5.41, 5.74) is 3.05. The van der Waals surface area contributed by atoms with E-state index < -0.39 is 10.8 Å². The first-order chi connectivity index (χ1) is 13.5. The normalized spacial score (nSPS) is 10.6. The van der Waals surface area contributed by atoms with Gasteiger partial charge in [0.1, 0.15) is 0 Å². The van der Waals surface area contributed by atoms with Gasteiger partial charge in [-0.3, -0.25) is 14.9 Å². The molecule has 28 heavy (non-hydrogen) atoms. The van der Waals surface area contributed by atoms with Gasteiger partial charge in [-0.1, -0.05) is 25.8 Å². The van der Waals surface area contributed by atoms with Crippen molar-refractivity contribution in [2.75, 3.05) is 13.7 Å². The van der Waals surface area contributed by atoms with Crippen LogP contribution in [0.1, 0.15) is 42.1 Å². The van der Waals surface area contributed by atoms with Crippen molar-refractivity contribution in [2.45, 2.75) is 26.2 Å². The van der Waals surface area contributed by atoms with E-state index >= 15 is 0 Å². The summed E-state index contributed by atoms with van der Waals surface area (Å²) in [4.78, 5) is 22.3. The molecule has 0 heterocycles. The Morgan fingerprint density at radius 3 is 2.75 bits per heavy atom. The molecule has 2 aromatic rings. The molecular weight excluding hydrogens is 362 g/mol. The molecule has 0 aliphatic carbocycles. The third-order valence-electron chi connectivity index (χ3n) is 3.89. The Bertz CT molecular complexity index is 851. The lowest BCUT2D eigenvalue weighted by Gasteiger charge is -2.11. The smallest absolute Gasteiger partial charge is 0.271 e. The monoisotopic (exact) mass is 385 g/mol. The molecule has 0 aromatic heterocycles. The molecule has 0 spiro atoms. The average Bonchev–Trinajstić information content (AvgIpc) is 2.71. The van der Waals surface area contributed by atoms with Crippen LogP contribution in [0, 0.1) is 10.1 Å². The molecule has 8 nitrogen and oxygen atoms in total. The predicted octanol–water partition coefficient (Wildman–Crippen LogP) is 3.94. The van der Waals surface area contributed by atoms with Crippen molar-refractivity contribution in [1.29, 1.82) is 0 Å². The maximum Gasteiger partial charge on any atom is 0.271 e. The van der Waals surface area contributed by atoms with Gasteiger partial charge < -0.3 is 9.47 Å². The first-order valence-corrected chi connectivity index (χ1v) is 8.94. The third-order valence-corrected chi connectivity index (χ3v) is 3.89. The van der Waals surface area contributed by atoms with Crippen LogP contribution in [0.25, 0.3) is 0 Å². The lowest BCUT2D eigenvalue weighted by Crippen LogP contribution is -2.17. The number of nitro benzene ring substituents is 1. The van der Waals surface area contributed by atoms with E-state index in [9.17, 15) is 14.9 Å². The molecule has 0 bridgehead atoms. The number of methoxy groups -OCH3 is 1. The molecule has 1 amide bonds. The number of unbranched alkanes of at least 4 members (excludes halogenated alkanes) is 2. The number of hydrogen-bond acceptors (Lipinski definition) is 6. The number of nitrogens with zero attached hydrogens (tertiary/aromatic N) is 2. The van der Waals surface area contributed by atoms with Crippen LogP contribution >= 0.6 is 0 Å². The Balaban J connectivity index is 1.98. The van der Waals surface area contributed by atoms with E-state index in [0.29, 0.717) is 23.7 Å². The minimum atomic E-state index is -0.557. The van der Waals surface area contributed by atoms with Crippen molar-refractivity contribution >= 4 is 17.8 Å². The van der Waals surface area contributed by atoms with Crippen LogP contribution in [-0.2, 0) is 0 Å². The topological polar surface area (TPSA) is 103 Å². The number of hydrazone groups is 1. The van der Waals surface area contributed by atoms with Crippen LogP contribution in [0.2, 0.25) is 0 Å². The molecule has 0 atom stereocenters. The Morgan fingerprint density at radius 1 is 1.21 bits per heavy atom. The maximum atomic E-state index is 12.1. The molecule has 2 rings (SSSR count). The molecule has 1 N–H and O–H groups in total. The number of carbonyl (C=O) groups is 1. The molecule has 2 aromatic carbocycles. The highest BCUT2D eigenvalue weighted by atomic mass is 16.6. The van der Waals surface area contributed by atoms with E-state index in [4.69, 9.17) is 9.47 Å². The van der Waals surface area contributed by atoms with Gasteiger partial charge in [0.15, 0.2) is 11.5 Å². The molecule has 0 aliphatic heterocycles. The minimum Gasteiger partial charge on any atom is -0.493 e. The van der Waals surface area contributed by atoms with Crippen LogP contribution in [0.5, 0.6) is 11.5 Å². The van der Waals surface area contributed by atoms with Crippen LogP contribution in [0.3, 0.4) is 0 Å². The van der Waals surface area contributed by atoms with E-state index in [1.165, 1.54) is 30.5 Å². The average molecular weight is 385 g/mol. The van der Waals surface area contributed by atoms with Gasteiger partial charge >= 0.3 is 0 Å². The van der Waals surface area contributed by atoms with Gasteiger partial charge in [0.25, 0.3) is 11.6 Å². The fourth-order valence-electron chi connectivity index (χ4n) is 2.41. The Morgan fingerprint density at radius 2 is 2.04 bits per heavy atom. The van der Waals surface area contributed by atoms with Gasteiger partial charge in [0.2, 0.25) is 0 Å². The van der Waals surface area contributed by atoms with Crippen molar-refractivity contribution < 1.29 is 19.2 Å². The zero-order valence-electron chi connectivity index (χ0n) is 15.9. The Labute approximate surface area is 163 Å². The molecule has 0 saturated carbocycles. The molecule has 0 aliphatic rings. The summed E-state index contributed by atoms with van der Waals surface area (Å²) in [6.07, 6.45) is 4.67. The van der Waals surface area contributed by atoms with Crippen molar-refractivity contribution in [3.05, 3.63) is 63.7 Å². The molecule has 0 saturated heterocycles. The maximum absolute atomic E-state index is 12.1. The second kappa shape index (κ2) is 10.7. The van der Waals surface area contributed by atoms with Crippen molar-refractivity contribution in [3.63, 3.8) is 0 Å². The van der Waals surface area contributed by atoms with Crippen molar-refractivity contribution in [1.82, 2.24) is 5.43 Å². The second-order valence-corrected chi connectivity index (χ2v) is 5.97. The van der Waals surface area contributed by atoms with E-state index in [1.807, 2.05) is 0 Å². The lowest BCUT2D eigenvalue weighted by molar-refractivity contribution is -0.384. The summed E-state index contributed by atoms with van der Waals surface area (Å²) >= 11 is 0. The number of nitrogens with one attached hydrogen (secondary N) is 1. The zero-order valence-corrected chi connectivity index (χ0v) is 15.9. The quantitative estimate of drug-likeness (QED) is 0.289. The fourth-order valence-corrected chi connectivity index (χ4v) is 2.41. The highest BCUT2D eigenvalue weighted by Gasteiger charge is 2.11. The lowest BCUT2D eigenvalue weighted by atomic mass is 10.2. The number of ether oxygens (including phenoxy) is 2. The minimum absolute atomic E-state index is 0.153. The number of non-ortho nitro benzene ring substituents is 1.